The van der Waals surface area contributed by atoms with Crippen LogP contribution in [0.1, 0.15) is 95.6 Å². The van der Waals surface area contributed by atoms with Crippen molar-refractivity contribution in [2.45, 2.75) is 97.3 Å². The van der Waals surface area contributed by atoms with Crippen LogP contribution in [0, 0.1) is 11.8 Å². The molecule has 1 saturated carbocycles. The van der Waals surface area contributed by atoms with Gasteiger partial charge in [-0.05, 0) is 53.9 Å². The maximum absolute atomic E-state index is 12.8. The van der Waals surface area contributed by atoms with Gasteiger partial charge in [0.2, 0.25) is 0 Å². The van der Waals surface area contributed by atoms with Crippen LogP contribution in [0.4, 0.5) is 0 Å². The molecule has 2 heteroatoms. The zero-order valence-electron chi connectivity index (χ0n) is 20.8. The molecular formula is C31H42O2. The molecule has 0 N–H and O–H groups in total. The van der Waals surface area contributed by atoms with Crippen molar-refractivity contribution >= 4 is 11.6 Å². The highest BCUT2D eigenvalue weighted by atomic mass is 16.1. The minimum Gasteiger partial charge on any atom is -0.299 e. The predicted molar refractivity (Wildman–Crippen MR) is 138 cm³/mol. The summed E-state index contributed by atoms with van der Waals surface area (Å²) >= 11 is 0. The number of hydrogen-bond acceptors (Lipinski definition) is 2. The molecule has 0 aromatic heterocycles. The van der Waals surface area contributed by atoms with Crippen LogP contribution in [-0.4, -0.2) is 11.6 Å². The molecule has 0 bridgehead atoms. The third-order valence-electron chi connectivity index (χ3n) is 7.27. The average molecular weight is 447 g/mol. The Hall–Kier alpha value is -2.22. The van der Waals surface area contributed by atoms with Crippen LogP contribution in [0.15, 0.2) is 48.5 Å². The lowest BCUT2D eigenvalue weighted by atomic mass is 9.76. The molecule has 0 radical (unpaired) electrons. The van der Waals surface area contributed by atoms with Gasteiger partial charge in [-0.15, -0.1) is 0 Å². The molecule has 178 valence electrons. The molecule has 0 heterocycles. The Morgan fingerprint density at radius 3 is 1.97 bits per heavy atom. The summed E-state index contributed by atoms with van der Waals surface area (Å²) in [5.41, 5.74) is 4.80. The molecule has 2 aromatic rings. The highest BCUT2D eigenvalue weighted by Gasteiger charge is 2.32. The highest BCUT2D eigenvalue weighted by Crippen LogP contribution is 2.30. The molecule has 1 aliphatic rings. The molecule has 2 aromatic carbocycles. The lowest BCUT2D eigenvalue weighted by Gasteiger charge is -2.26. The van der Waals surface area contributed by atoms with Gasteiger partial charge in [0, 0.05) is 12.8 Å². The first-order valence-electron chi connectivity index (χ1n) is 13.3. The van der Waals surface area contributed by atoms with Gasteiger partial charge in [-0.1, -0.05) is 107 Å². The minimum atomic E-state index is -0.378. The van der Waals surface area contributed by atoms with Crippen LogP contribution in [0.25, 0.3) is 11.1 Å². The summed E-state index contributed by atoms with van der Waals surface area (Å²) in [7, 11) is 0. The number of ketones is 2. The maximum atomic E-state index is 12.8. The van der Waals surface area contributed by atoms with Crippen LogP contribution >= 0.6 is 0 Å². The van der Waals surface area contributed by atoms with Crippen LogP contribution in [0.3, 0.4) is 0 Å². The third-order valence-corrected chi connectivity index (χ3v) is 7.27. The number of aryl methyl sites for hydroxylation is 1. The topological polar surface area (TPSA) is 34.1 Å². The molecule has 1 fully saturated rings. The van der Waals surface area contributed by atoms with Crippen molar-refractivity contribution in [3.8, 4) is 11.1 Å². The Kier molecular flexibility index (Phi) is 10.4. The molecule has 3 rings (SSSR count). The van der Waals surface area contributed by atoms with Gasteiger partial charge in [0.15, 0.2) is 0 Å². The molecular weight excluding hydrogens is 404 g/mol. The van der Waals surface area contributed by atoms with Crippen molar-refractivity contribution in [1.29, 1.82) is 0 Å². The predicted octanol–water partition coefficient (Wildman–Crippen LogP) is 8.15. The van der Waals surface area contributed by atoms with E-state index in [1.165, 1.54) is 55.2 Å². The molecule has 2 unspecified atom stereocenters. The fraction of sp³-hybridized carbons (Fsp3) is 0.548. The molecule has 33 heavy (non-hydrogen) atoms. The molecule has 2 nitrogen and oxygen atoms in total. The average Bonchev–Trinajstić information content (AvgIpc) is 2.82. The van der Waals surface area contributed by atoms with E-state index in [0.717, 1.165) is 37.7 Å². The Bertz CT molecular complexity index is 863. The zero-order valence-corrected chi connectivity index (χ0v) is 20.8. The summed E-state index contributed by atoms with van der Waals surface area (Å²) in [6, 6.07) is 17.2. The lowest BCUT2D eigenvalue weighted by molar-refractivity contribution is -0.135. The number of benzene rings is 2. The van der Waals surface area contributed by atoms with E-state index >= 15 is 0 Å². The van der Waals surface area contributed by atoms with Gasteiger partial charge in [-0.3, -0.25) is 9.59 Å². The lowest BCUT2D eigenvalue weighted by Crippen LogP contribution is -2.31. The second-order valence-corrected chi connectivity index (χ2v) is 10.0. The standard InChI is InChI=1S/C31H42O2/c1-3-5-6-7-8-9-11-24-12-17-27(18-13-24)28-19-14-26(15-20-28)23-31(33)29-21-16-25(10-4-2)22-30(29)32/h12-15,17-20,25,29H,3-11,16,21-23H2,1-2H3. The van der Waals surface area contributed by atoms with Crippen molar-refractivity contribution in [2.75, 3.05) is 0 Å². The van der Waals surface area contributed by atoms with Gasteiger partial charge in [0.05, 0.1) is 5.92 Å². The van der Waals surface area contributed by atoms with Crippen LogP contribution in [0.5, 0.6) is 0 Å². The summed E-state index contributed by atoms with van der Waals surface area (Å²) in [4.78, 5) is 25.3. The Balaban J connectivity index is 1.48. The van der Waals surface area contributed by atoms with E-state index in [1.54, 1.807) is 0 Å². The SMILES string of the molecule is CCCCCCCCc1ccc(-c2ccc(CC(=O)C3CCC(CCC)CC3=O)cc2)cc1. The van der Waals surface area contributed by atoms with E-state index < -0.39 is 0 Å². The monoisotopic (exact) mass is 446 g/mol. The van der Waals surface area contributed by atoms with E-state index in [4.69, 9.17) is 0 Å². The second kappa shape index (κ2) is 13.5. The van der Waals surface area contributed by atoms with E-state index in [-0.39, 0.29) is 17.5 Å². The molecule has 0 saturated heterocycles. The van der Waals surface area contributed by atoms with E-state index in [1.807, 2.05) is 12.1 Å². The fourth-order valence-corrected chi connectivity index (χ4v) is 5.20. The first-order chi connectivity index (χ1) is 16.1. The van der Waals surface area contributed by atoms with E-state index in [2.05, 4.69) is 50.2 Å². The van der Waals surface area contributed by atoms with Crippen LogP contribution in [-0.2, 0) is 22.4 Å². The number of Topliss-reactive ketones (excluding diaryl/α,β-unsaturated/α-hetero) is 2. The third kappa shape index (κ3) is 7.95. The molecule has 0 amide bonds. The normalized spacial score (nSPS) is 18.4. The summed E-state index contributed by atoms with van der Waals surface area (Å²) in [5.74, 6) is 0.379. The van der Waals surface area contributed by atoms with Crippen molar-refractivity contribution in [3.05, 3.63) is 59.7 Å². The first-order valence-corrected chi connectivity index (χ1v) is 13.3. The molecule has 0 aliphatic heterocycles. The second-order valence-electron chi connectivity index (χ2n) is 10.0. The smallest absolute Gasteiger partial charge is 0.147 e. The highest BCUT2D eigenvalue weighted by molar-refractivity contribution is 6.03. The van der Waals surface area contributed by atoms with Crippen molar-refractivity contribution in [3.63, 3.8) is 0 Å². The van der Waals surface area contributed by atoms with Gasteiger partial charge >= 0.3 is 0 Å². The van der Waals surface area contributed by atoms with Gasteiger partial charge in [-0.2, -0.15) is 0 Å². The summed E-state index contributed by atoms with van der Waals surface area (Å²) in [5, 5.41) is 0. The van der Waals surface area contributed by atoms with Gasteiger partial charge in [0.1, 0.15) is 11.6 Å². The fourth-order valence-electron chi connectivity index (χ4n) is 5.20. The molecule has 1 aliphatic carbocycles. The van der Waals surface area contributed by atoms with Crippen molar-refractivity contribution in [1.82, 2.24) is 0 Å². The largest absolute Gasteiger partial charge is 0.299 e. The van der Waals surface area contributed by atoms with Crippen molar-refractivity contribution in [2.24, 2.45) is 11.8 Å². The quantitative estimate of drug-likeness (QED) is 0.230. The minimum absolute atomic E-state index is 0.0988. The van der Waals surface area contributed by atoms with Crippen LogP contribution in [0.2, 0.25) is 0 Å². The van der Waals surface area contributed by atoms with E-state index in [0.29, 0.717) is 18.8 Å². The summed E-state index contributed by atoms with van der Waals surface area (Å²) in [6.07, 6.45) is 14.1. The summed E-state index contributed by atoms with van der Waals surface area (Å²) in [6.45, 7) is 4.42. The number of carbonyl (C=O) groups excluding carboxylic acids is 2. The Labute approximate surface area is 201 Å². The van der Waals surface area contributed by atoms with Crippen molar-refractivity contribution < 1.29 is 9.59 Å². The zero-order chi connectivity index (χ0) is 23.5. The van der Waals surface area contributed by atoms with Gasteiger partial charge < -0.3 is 0 Å². The molecule has 0 spiro atoms. The van der Waals surface area contributed by atoms with Crippen LogP contribution < -0.4 is 0 Å². The number of unbranched alkanes of at least 4 members (excludes halogenated alkanes) is 5. The Morgan fingerprint density at radius 1 is 0.758 bits per heavy atom. The first kappa shape index (κ1) is 25.4. The summed E-state index contributed by atoms with van der Waals surface area (Å²) < 4.78 is 0. The molecule has 2 atom stereocenters. The maximum Gasteiger partial charge on any atom is 0.147 e. The van der Waals surface area contributed by atoms with Gasteiger partial charge in [0.25, 0.3) is 0 Å². The Morgan fingerprint density at radius 2 is 1.36 bits per heavy atom. The van der Waals surface area contributed by atoms with E-state index in [9.17, 15) is 9.59 Å². The number of hydrogen-bond donors (Lipinski definition) is 0. The number of carbonyl (C=O) groups is 2. The number of rotatable bonds is 13. The van der Waals surface area contributed by atoms with Gasteiger partial charge in [-0.25, -0.2) is 0 Å².